The summed E-state index contributed by atoms with van der Waals surface area (Å²) in [5.41, 5.74) is 0. The Bertz CT molecular complexity index is 965. The van der Waals surface area contributed by atoms with Crippen LogP contribution in [0, 0.1) is 0 Å². The molecule has 0 spiro atoms. The molecule has 0 rings (SSSR count). The highest BCUT2D eigenvalue weighted by atomic mass is 16.7. The topological polar surface area (TPSA) is 111 Å². The first-order chi connectivity index (χ1) is 28.1. The van der Waals surface area contributed by atoms with Gasteiger partial charge in [0.15, 0.2) is 12.4 Å². The van der Waals surface area contributed by atoms with Gasteiger partial charge in [0.1, 0.15) is 13.2 Å². The minimum absolute atomic E-state index is 0.151. The molecule has 0 aliphatic heterocycles. The Hall–Kier alpha value is -1.97. The van der Waals surface area contributed by atoms with Crippen molar-refractivity contribution in [3.05, 3.63) is 12.2 Å². The van der Waals surface area contributed by atoms with E-state index in [2.05, 4.69) is 26.0 Å². The molecule has 0 fully saturated rings. The van der Waals surface area contributed by atoms with Crippen LogP contribution in [0.1, 0.15) is 226 Å². The Morgan fingerprint density at radius 3 is 1.28 bits per heavy atom. The Balaban J connectivity index is 4.15. The van der Waals surface area contributed by atoms with E-state index in [9.17, 15) is 19.5 Å². The van der Waals surface area contributed by atoms with Gasteiger partial charge in [0.25, 0.3) is 0 Å². The van der Waals surface area contributed by atoms with Crippen molar-refractivity contribution < 1.29 is 42.9 Å². The Morgan fingerprint density at radius 1 is 0.500 bits per heavy atom. The van der Waals surface area contributed by atoms with Gasteiger partial charge in [-0.2, -0.15) is 0 Å². The maximum absolute atomic E-state index is 12.7. The number of nitrogens with zero attached hydrogens (tertiary/aromatic N) is 1. The van der Waals surface area contributed by atoms with Gasteiger partial charge in [-0.1, -0.05) is 187 Å². The number of carboxylic acids is 1. The minimum atomic E-state index is -1.61. The molecule has 0 amide bonds. The van der Waals surface area contributed by atoms with Crippen molar-refractivity contribution in [2.24, 2.45) is 0 Å². The molecule has 0 aromatic heterocycles. The number of allylic oxidation sites excluding steroid dienone is 2. The van der Waals surface area contributed by atoms with Gasteiger partial charge in [-0.3, -0.25) is 9.59 Å². The molecule has 0 bridgehead atoms. The Labute approximate surface area is 357 Å². The normalized spacial score (nSPS) is 12.9. The molecule has 58 heavy (non-hydrogen) atoms. The smallest absolute Gasteiger partial charge is 0.306 e. The van der Waals surface area contributed by atoms with Crippen LogP contribution in [0.2, 0.25) is 0 Å². The van der Waals surface area contributed by atoms with Crippen LogP contribution in [0.25, 0.3) is 0 Å². The predicted molar refractivity (Wildman–Crippen MR) is 237 cm³/mol. The van der Waals surface area contributed by atoms with Gasteiger partial charge in [-0.15, -0.1) is 0 Å². The molecular formula is C49H93NO8. The summed E-state index contributed by atoms with van der Waals surface area (Å²) < 4.78 is 22.5. The van der Waals surface area contributed by atoms with Crippen LogP contribution in [0.4, 0.5) is 0 Å². The molecule has 0 heterocycles. The molecule has 9 heteroatoms. The van der Waals surface area contributed by atoms with Crippen molar-refractivity contribution in [1.82, 2.24) is 0 Å². The fraction of sp³-hybridized carbons (Fsp3) is 0.898. The molecule has 0 aromatic carbocycles. The number of ether oxygens (including phenoxy) is 4. The van der Waals surface area contributed by atoms with Crippen molar-refractivity contribution in [2.75, 3.05) is 47.5 Å². The SMILES string of the molecule is CCCCCCCCCC/C=C\CCCCCCCCCCCCCCCC(=O)OC(COC(=O)CCCCCCCCCC)COC(OCC[N+](C)(C)C)C(=O)[O-]. The lowest BCUT2D eigenvalue weighted by Gasteiger charge is -2.26. The molecule has 9 nitrogen and oxygen atoms in total. The third-order valence-electron chi connectivity index (χ3n) is 10.8. The molecule has 2 atom stereocenters. The molecule has 0 radical (unpaired) electrons. The molecule has 342 valence electrons. The van der Waals surface area contributed by atoms with Gasteiger partial charge in [0, 0.05) is 12.8 Å². The van der Waals surface area contributed by atoms with E-state index in [-0.39, 0.29) is 32.2 Å². The van der Waals surface area contributed by atoms with Crippen molar-refractivity contribution in [3.8, 4) is 0 Å². The maximum atomic E-state index is 12.7. The number of rotatable bonds is 45. The summed E-state index contributed by atoms with van der Waals surface area (Å²) >= 11 is 0. The van der Waals surface area contributed by atoms with Crippen molar-refractivity contribution in [3.63, 3.8) is 0 Å². The van der Waals surface area contributed by atoms with Crippen LogP contribution in [0.5, 0.6) is 0 Å². The standard InChI is InChI=1S/C49H93NO8/c1-6-8-10-12-14-16-17-18-19-20-21-22-23-24-25-26-27-28-29-30-31-32-34-36-38-40-47(52)58-45(44-57-49(48(53)54)55-42-41-50(3,4)5)43-56-46(51)39-37-35-33-15-13-11-9-7-2/h20-21,45,49H,6-19,22-44H2,1-5H3/b21-20-. The zero-order valence-electron chi connectivity index (χ0n) is 38.7. The molecule has 0 aliphatic rings. The third kappa shape index (κ3) is 42.2. The van der Waals surface area contributed by atoms with Crippen molar-refractivity contribution in [1.29, 1.82) is 0 Å². The predicted octanol–water partition coefficient (Wildman–Crippen LogP) is 11.7. The minimum Gasteiger partial charge on any atom is -0.545 e. The van der Waals surface area contributed by atoms with E-state index in [1.54, 1.807) is 0 Å². The molecule has 0 saturated heterocycles. The number of unbranched alkanes of at least 4 members (excludes halogenated alkanes) is 28. The Morgan fingerprint density at radius 2 is 0.879 bits per heavy atom. The fourth-order valence-electron chi connectivity index (χ4n) is 6.94. The van der Waals surface area contributed by atoms with E-state index in [1.807, 2.05) is 21.1 Å². The zero-order chi connectivity index (χ0) is 42.8. The number of quaternary nitrogens is 1. The van der Waals surface area contributed by atoms with Gasteiger partial charge < -0.3 is 33.3 Å². The number of hydrogen-bond donors (Lipinski definition) is 0. The van der Waals surface area contributed by atoms with E-state index in [1.165, 1.54) is 161 Å². The molecule has 0 N–H and O–H groups in total. The first kappa shape index (κ1) is 56.0. The highest BCUT2D eigenvalue weighted by Crippen LogP contribution is 2.16. The molecule has 2 unspecified atom stereocenters. The van der Waals surface area contributed by atoms with Gasteiger partial charge in [0.2, 0.25) is 0 Å². The first-order valence-electron chi connectivity index (χ1n) is 24.3. The van der Waals surface area contributed by atoms with Crippen LogP contribution < -0.4 is 5.11 Å². The summed E-state index contributed by atoms with van der Waals surface area (Å²) in [4.78, 5) is 36.9. The van der Waals surface area contributed by atoms with E-state index in [0.29, 0.717) is 17.4 Å². The average molecular weight is 824 g/mol. The Kier molecular flexibility index (Phi) is 40.3. The molecule has 0 aromatic rings. The number of carboxylic acid groups (broad SMARTS) is 1. The lowest BCUT2D eigenvalue weighted by molar-refractivity contribution is -0.870. The van der Waals surface area contributed by atoms with Crippen LogP contribution >= 0.6 is 0 Å². The third-order valence-corrected chi connectivity index (χ3v) is 10.8. The number of hydrogen-bond acceptors (Lipinski definition) is 8. The van der Waals surface area contributed by atoms with E-state index in [4.69, 9.17) is 18.9 Å². The average Bonchev–Trinajstić information content (AvgIpc) is 3.18. The lowest BCUT2D eigenvalue weighted by Crippen LogP contribution is -2.44. The quantitative estimate of drug-likeness (QED) is 0.0196. The summed E-state index contributed by atoms with van der Waals surface area (Å²) in [5.74, 6) is -2.28. The maximum Gasteiger partial charge on any atom is 0.306 e. The fourth-order valence-corrected chi connectivity index (χ4v) is 6.94. The largest absolute Gasteiger partial charge is 0.545 e. The van der Waals surface area contributed by atoms with Crippen LogP contribution in [-0.4, -0.2) is 82.3 Å². The van der Waals surface area contributed by atoms with E-state index < -0.39 is 24.3 Å². The summed E-state index contributed by atoms with van der Waals surface area (Å²) in [6, 6.07) is 0. The highest BCUT2D eigenvalue weighted by molar-refractivity contribution is 5.70. The second kappa shape index (κ2) is 41.8. The second-order valence-corrected chi connectivity index (χ2v) is 17.8. The number of esters is 2. The van der Waals surface area contributed by atoms with Gasteiger partial charge >= 0.3 is 11.9 Å². The number of aliphatic carboxylic acids is 1. The van der Waals surface area contributed by atoms with E-state index >= 15 is 0 Å². The van der Waals surface area contributed by atoms with Gasteiger partial charge in [-0.25, -0.2) is 0 Å². The monoisotopic (exact) mass is 824 g/mol. The highest BCUT2D eigenvalue weighted by Gasteiger charge is 2.21. The number of likely N-dealkylation sites (N-methyl/N-ethyl adjacent to an activating group) is 1. The van der Waals surface area contributed by atoms with Crippen molar-refractivity contribution >= 4 is 17.9 Å². The number of carbonyl (C=O) groups excluding carboxylic acids is 3. The van der Waals surface area contributed by atoms with Gasteiger partial charge in [-0.05, 0) is 38.5 Å². The van der Waals surface area contributed by atoms with Crippen LogP contribution in [0.3, 0.4) is 0 Å². The molecule has 0 saturated carbocycles. The first-order valence-corrected chi connectivity index (χ1v) is 24.3. The van der Waals surface area contributed by atoms with Crippen LogP contribution in [0.15, 0.2) is 12.2 Å². The summed E-state index contributed by atoms with van der Waals surface area (Å²) in [6.45, 7) is 4.73. The lowest BCUT2D eigenvalue weighted by atomic mass is 10.0. The zero-order valence-corrected chi connectivity index (χ0v) is 38.7. The second-order valence-electron chi connectivity index (χ2n) is 17.8. The summed E-state index contributed by atoms with van der Waals surface area (Å²) in [5, 5.41) is 11.7. The number of carbonyl (C=O) groups is 3. The van der Waals surface area contributed by atoms with Crippen molar-refractivity contribution in [2.45, 2.75) is 238 Å². The van der Waals surface area contributed by atoms with E-state index in [0.717, 1.165) is 38.5 Å². The molecular weight excluding hydrogens is 731 g/mol. The summed E-state index contributed by atoms with van der Waals surface area (Å²) in [7, 11) is 5.91. The van der Waals surface area contributed by atoms with Crippen LogP contribution in [-0.2, 0) is 33.3 Å². The van der Waals surface area contributed by atoms with Gasteiger partial charge in [0.05, 0.1) is 40.3 Å². The summed E-state index contributed by atoms with van der Waals surface area (Å²) in [6.07, 6.45) is 41.3. The molecule has 0 aliphatic carbocycles.